The maximum Gasteiger partial charge on any atom is 0.0794 e. The SMILES string of the molecule is Cc1cc(N)c(CN2CC(O)C2)s1. The van der Waals surface area contributed by atoms with Crippen LogP contribution in [0.5, 0.6) is 0 Å². The van der Waals surface area contributed by atoms with Crippen molar-refractivity contribution in [3.05, 3.63) is 15.8 Å². The van der Waals surface area contributed by atoms with Crippen LogP contribution in [0, 0.1) is 6.92 Å². The van der Waals surface area contributed by atoms with Gasteiger partial charge in [0.05, 0.1) is 6.10 Å². The molecule has 2 rings (SSSR count). The fourth-order valence-electron chi connectivity index (χ4n) is 1.58. The van der Waals surface area contributed by atoms with Crippen molar-refractivity contribution in [3.63, 3.8) is 0 Å². The molecule has 1 saturated heterocycles. The van der Waals surface area contributed by atoms with Gasteiger partial charge in [0.25, 0.3) is 0 Å². The van der Waals surface area contributed by atoms with Crippen LogP contribution in [0.3, 0.4) is 0 Å². The van der Waals surface area contributed by atoms with Crippen molar-refractivity contribution in [2.24, 2.45) is 0 Å². The largest absolute Gasteiger partial charge is 0.398 e. The van der Waals surface area contributed by atoms with Gasteiger partial charge in [0.15, 0.2) is 0 Å². The summed E-state index contributed by atoms with van der Waals surface area (Å²) in [5.74, 6) is 0. The molecule has 1 aliphatic heterocycles. The number of thiophene rings is 1. The Labute approximate surface area is 81.8 Å². The molecule has 0 amide bonds. The first-order valence-corrected chi connectivity index (χ1v) is 5.22. The second-order valence-electron chi connectivity index (χ2n) is 3.58. The summed E-state index contributed by atoms with van der Waals surface area (Å²) in [4.78, 5) is 4.68. The van der Waals surface area contributed by atoms with Gasteiger partial charge in [-0.2, -0.15) is 0 Å². The molecule has 2 heterocycles. The van der Waals surface area contributed by atoms with E-state index in [4.69, 9.17) is 10.8 Å². The summed E-state index contributed by atoms with van der Waals surface area (Å²) in [5.41, 5.74) is 6.72. The molecular weight excluding hydrogens is 184 g/mol. The van der Waals surface area contributed by atoms with Crippen LogP contribution < -0.4 is 5.73 Å². The highest BCUT2D eigenvalue weighted by atomic mass is 32.1. The molecule has 4 heteroatoms. The van der Waals surface area contributed by atoms with Crippen molar-refractivity contribution < 1.29 is 5.11 Å². The van der Waals surface area contributed by atoms with E-state index in [1.165, 1.54) is 9.75 Å². The molecule has 0 bridgehead atoms. The third kappa shape index (κ3) is 1.85. The number of anilines is 1. The number of rotatable bonds is 2. The van der Waals surface area contributed by atoms with Crippen molar-refractivity contribution in [3.8, 4) is 0 Å². The van der Waals surface area contributed by atoms with Crippen molar-refractivity contribution in [1.82, 2.24) is 4.90 Å². The summed E-state index contributed by atoms with van der Waals surface area (Å²) in [6.07, 6.45) is -0.123. The van der Waals surface area contributed by atoms with Crippen molar-refractivity contribution >= 4 is 17.0 Å². The normalized spacial score (nSPS) is 18.9. The standard InChI is InChI=1S/C9H14N2OS/c1-6-2-8(10)9(13-6)5-11-3-7(12)4-11/h2,7,12H,3-5,10H2,1H3. The number of hydrogen-bond donors (Lipinski definition) is 2. The number of nitrogens with two attached hydrogens (primary N) is 1. The number of aliphatic hydroxyl groups excluding tert-OH is 1. The highest BCUT2D eigenvalue weighted by Crippen LogP contribution is 2.26. The lowest BCUT2D eigenvalue weighted by Gasteiger charge is -2.35. The first-order valence-electron chi connectivity index (χ1n) is 4.40. The minimum Gasteiger partial charge on any atom is -0.398 e. The number of likely N-dealkylation sites (tertiary alicyclic amines) is 1. The maximum absolute atomic E-state index is 9.10. The lowest BCUT2D eigenvalue weighted by molar-refractivity contribution is -0.00218. The minimum atomic E-state index is -0.123. The smallest absolute Gasteiger partial charge is 0.0794 e. The lowest BCUT2D eigenvalue weighted by Crippen LogP contribution is -2.49. The van der Waals surface area contributed by atoms with Crippen LogP contribution >= 0.6 is 11.3 Å². The van der Waals surface area contributed by atoms with Crippen LogP contribution in [0.25, 0.3) is 0 Å². The van der Waals surface area contributed by atoms with E-state index in [9.17, 15) is 0 Å². The Balaban J connectivity index is 1.98. The Hall–Kier alpha value is -0.580. The van der Waals surface area contributed by atoms with Crippen molar-refractivity contribution in [2.75, 3.05) is 18.8 Å². The zero-order valence-electron chi connectivity index (χ0n) is 7.66. The number of aryl methyl sites for hydroxylation is 1. The second-order valence-corrected chi connectivity index (χ2v) is 4.92. The van der Waals surface area contributed by atoms with Gasteiger partial charge in [0.1, 0.15) is 0 Å². The Morgan fingerprint density at radius 1 is 1.69 bits per heavy atom. The molecule has 0 saturated carbocycles. The Morgan fingerprint density at radius 2 is 2.38 bits per heavy atom. The fourth-order valence-corrected chi connectivity index (χ4v) is 2.58. The predicted molar refractivity (Wildman–Crippen MR) is 54.8 cm³/mol. The molecule has 0 radical (unpaired) electrons. The van der Waals surface area contributed by atoms with Gasteiger partial charge in [-0.1, -0.05) is 0 Å². The number of aliphatic hydroxyl groups is 1. The average molecular weight is 198 g/mol. The summed E-state index contributed by atoms with van der Waals surface area (Å²) in [5, 5.41) is 9.10. The first kappa shape index (κ1) is 8.99. The van der Waals surface area contributed by atoms with E-state index < -0.39 is 0 Å². The number of nitrogens with zero attached hydrogens (tertiary/aromatic N) is 1. The number of hydrogen-bond acceptors (Lipinski definition) is 4. The Morgan fingerprint density at radius 3 is 2.85 bits per heavy atom. The highest BCUT2D eigenvalue weighted by molar-refractivity contribution is 7.12. The molecule has 72 valence electrons. The molecule has 0 unspecified atom stereocenters. The molecule has 1 aromatic rings. The third-order valence-electron chi connectivity index (χ3n) is 2.27. The van der Waals surface area contributed by atoms with Gasteiger partial charge in [-0.15, -0.1) is 11.3 Å². The summed E-state index contributed by atoms with van der Waals surface area (Å²) < 4.78 is 0. The average Bonchev–Trinajstić information content (AvgIpc) is 2.27. The first-order chi connectivity index (χ1) is 6.15. The van der Waals surface area contributed by atoms with E-state index in [1.54, 1.807) is 11.3 Å². The van der Waals surface area contributed by atoms with Gasteiger partial charge >= 0.3 is 0 Å². The van der Waals surface area contributed by atoms with Gasteiger partial charge in [-0.3, -0.25) is 4.90 Å². The molecule has 1 aliphatic rings. The molecule has 0 spiro atoms. The maximum atomic E-state index is 9.10. The van der Waals surface area contributed by atoms with Gasteiger partial charge in [0.2, 0.25) is 0 Å². The second kappa shape index (κ2) is 3.29. The van der Waals surface area contributed by atoms with Crippen molar-refractivity contribution in [1.29, 1.82) is 0 Å². The van der Waals surface area contributed by atoms with E-state index in [1.807, 2.05) is 6.07 Å². The zero-order valence-corrected chi connectivity index (χ0v) is 8.47. The topological polar surface area (TPSA) is 49.5 Å². The molecule has 13 heavy (non-hydrogen) atoms. The van der Waals surface area contributed by atoms with Crippen LogP contribution in [0.1, 0.15) is 9.75 Å². The van der Waals surface area contributed by atoms with Crippen molar-refractivity contribution in [2.45, 2.75) is 19.6 Å². The van der Waals surface area contributed by atoms with E-state index in [0.717, 1.165) is 25.3 Å². The Kier molecular flexibility index (Phi) is 2.27. The molecular formula is C9H14N2OS. The van der Waals surface area contributed by atoms with Gasteiger partial charge in [-0.25, -0.2) is 0 Å². The zero-order chi connectivity index (χ0) is 9.42. The molecule has 0 aliphatic carbocycles. The monoisotopic (exact) mass is 198 g/mol. The Bertz CT molecular complexity index is 305. The molecule has 3 N–H and O–H groups in total. The van der Waals surface area contributed by atoms with E-state index >= 15 is 0 Å². The summed E-state index contributed by atoms with van der Waals surface area (Å²) in [7, 11) is 0. The number of β-amino-alcohol motifs (C(OH)–C–C–N with tert-alkyl or cyclic N) is 1. The minimum absolute atomic E-state index is 0.123. The van der Waals surface area contributed by atoms with Crippen LogP contribution in [0.2, 0.25) is 0 Å². The highest BCUT2D eigenvalue weighted by Gasteiger charge is 2.24. The van der Waals surface area contributed by atoms with E-state index in [0.29, 0.717) is 0 Å². The van der Waals surface area contributed by atoms with Gasteiger partial charge < -0.3 is 10.8 Å². The van der Waals surface area contributed by atoms with E-state index in [-0.39, 0.29) is 6.10 Å². The summed E-state index contributed by atoms with van der Waals surface area (Å²) in [6.45, 7) is 4.53. The van der Waals surface area contributed by atoms with Gasteiger partial charge in [-0.05, 0) is 13.0 Å². The van der Waals surface area contributed by atoms with E-state index in [2.05, 4.69) is 11.8 Å². The van der Waals surface area contributed by atoms with Crippen LogP contribution in [-0.4, -0.2) is 29.2 Å². The fraction of sp³-hybridized carbons (Fsp3) is 0.556. The third-order valence-corrected chi connectivity index (χ3v) is 3.32. The summed E-state index contributed by atoms with van der Waals surface area (Å²) in [6, 6.07) is 2.01. The predicted octanol–water partition coefficient (Wildman–Crippen LogP) is 0.815. The van der Waals surface area contributed by atoms with Crippen LogP contribution in [-0.2, 0) is 6.54 Å². The molecule has 0 atom stereocenters. The summed E-state index contributed by atoms with van der Waals surface area (Å²) >= 11 is 1.74. The van der Waals surface area contributed by atoms with Gasteiger partial charge in [0, 0.05) is 35.1 Å². The molecule has 1 aromatic heterocycles. The molecule has 1 fully saturated rings. The lowest BCUT2D eigenvalue weighted by atomic mass is 10.1. The van der Waals surface area contributed by atoms with Crippen LogP contribution in [0.4, 0.5) is 5.69 Å². The molecule has 0 aromatic carbocycles. The molecule has 3 nitrogen and oxygen atoms in total. The quantitative estimate of drug-likeness (QED) is 0.739. The van der Waals surface area contributed by atoms with Crippen LogP contribution in [0.15, 0.2) is 6.07 Å². The number of nitrogen functional groups attached to an aromatic ring is 1.